The van der Waals surface area contributed by atoms with Gasteiger partial charge in [-0.15, -0.1) is 0 Å². The van der Waals surface area contributed by atoms with Crippen LogP contribution in [0.5, 0.6) is 0 Å². The van der Waals surface area contributed by atoms with Gasteiger partial charge in [0.25, 0.3) is 5.91 Å². The number of rotatable bonds is 3. The second-order valence-electron chi connectivity index (χ2n) is 6.75. The molecule has 0 saturated heterocycles. The molecular weight excluding hydrogens is 369 g/mol. The summed E-state index contributed by atoms with van der Waals surface area (Å²) in [6.45, 7) is 1.87. The molecule has 3 aromatic rings. The molecule has 1 amide bonds. The molecule has 0 saturated carbocycles. The Morgan fingerprint density at radius 2 is 2.04 bits per heavy atom. The van der Waals surface area contributed by atoms with E-state index in [-0.39, 0.29) is 17.6 Å². The zero-order valence-corrected chi connectivity index (χ0v) is 15.0. The van der Waals surface area contributed by atoms with E-state index in [1.54, 1.807) is 12.3 Å². The van der Waals surface area contributed by atoms with Crippen LogP contribution in [-0.4, -0.2) is 20.7 Å². The number of hydrogen-bond donors (Lipinski definition) is 1. The van der Waals surface area contributed by atoms with Crippen molar-refractivity contribution in [1.82, 2.24) is 20.1 Å². The maximum Gasteiger partial charge on any atom is 0.433 e. The van der Waals surface area contributed by atoms with Crippen molar-refractivity contribution >= 4 is 5.91 Å². The molecule has 0 radical (unpaired) electrons. The maximum atomic E-state index is 12.9. The summed E-state index contributed by atoms with van der Waals surface area (Å²) in [7, 11) is 0. The standard InChI is InChI=1S/C20H17F3N4O/c1-12-4-2-3-5-14(12)19(28)25-16-6-7-17-15(16)11-27(26-17)13-8-9-24-18(10-13)20(21,22)23/h2-5,8-11,16H,6-7H2,1H3,(H,25,28). The zero-order valence-electron chi connectivity index (χ0n) is 15.0. The van der Waals surface area contributed by atoms with Crippen molar-refractivity contribution in [2.24, 2.45) is 0 Å². The zero-order chi connectivity index (χ0) is 19.9. The quantitative estimate of drug-likeness (QED) is 0.740. The Hall–Kier alpha value is -3.16. The average Bonchev–Trinajstić information content (AvgIpc) is 3.23. The minimum atomic E-state index is -4.52. The molecule has 2 aromatic heterocycles. The molecular formula is C20H17F3N4O. The van der Waals surface area contributed by atoms with E-state index >= 15 is 0 Å². The van der Waals surface area contributed by atoms with Crippen molar-refractivity contribution < 1.29 is 18.0 Å². The van der Waals surface area contributed by atoms with Gasteiger partial charge < -0.3 is 5.32 Å². The molecule has 0 fully saturated rings. The Labute approximate surface area is 159 Å². The lowest BCUT2D eigenvalue weighted by atomic mass is 10.1. The highest BCUT2D eigenvalue weighted by molar-refractivity contribution is 5.95. The molecule has 1 aliphatic rings. The number of hydrogen-bond acceptors (Lipinski definition) is 3. The number of halogens is 3. The van der Waals surface area contributed by atoms with E-state index in [2.05, 4.69) is 15.4 Å². The first-order valence-corrected chi connectivity index (χ1v) is 8.81. The van der Waals surface area contributed by atoms with Gasteiger partial charge in [-0.2, -0.15) is 18.3 Å². The summed E-state index contributed by atoms with van der Waals surface area (Å²) < 4.78 is 40.1. The fourth-order valence-corrected chi connectivity index (χ4v) is 3.41. The van der Waals surface area contributed by atoms with Crippen LogP contribution in [0.25, 0.3) is 5.69 Å². The SMILES string of the molecule is Cc1ccccc1C(=O)NC1CCc2nn(-c3ccnc(C(F)(F)F)c3)cc21. The number of nitrogens with one attached hydrogen (secondary N) is 1. The van der Waals surface area contributed by atoms with Gasteiger partial charge in [0.1, 0.15) is 5.69 Å². The number of amides is 1. The number of nitrogens with zero attached hydrogens (tertiary/aromatic N) is 3. The van der Waals surface area contributed by atoms with Crippen LogP contribution in [0, 0.1) is 6.92 Å². The number of benzene rings is 1. The van der Waals surface area contributed by atoms with Crippen LogP contribution < -0.4 is 5.32 Å². The first-order chi connectivity index (χ1) is 13.3. The van der Waals surface area contributed by atoms with Crippen LogP contribution in [-0.2, 0) is 12.6 Å². The van der Waals surface area contributed by atoms with Gasteiger partial charge in [0.15, 0.2) is 0 Å². The topological polar surface area (TPSA) is 59.8 Å². The van der Waals surface area contributed by atoms with Gasteiger partial charge in [-0.1, -0.05) is 18.2 Å². The fraction of sp³-hybridized carbons (Fsp3) is 0.250. The summed E-state index contributed by atoms with van der Waals surface area (Å²) in [5.41, 5.74) is 2.40. The van der Waals surface area contributed by atoms with Crippen molar-refractivity contribution in [2.45, 2.75) is 32.0 Å². The third-order valence-corrected chi connectivity index (χ3v) is 4.86. The lowest BCUT2D eigenvalue weighted by molar-refractivity contribution is -0.141. The van der Waals surface area contributed by atoms with Crippen LogP contribution in [0.15, 0.2) is 48.8 Å². The first-order valence-electron chi connectivity index (χ1n) is 8.81. The molecule has 0 aliphatic heterocycles. The van der Waals surface area contributed by atoms with E-state index in [1.807, 2.05) is 25.1 Å². The van der Waals surface area contributed by atoms with E-state index in [4.69, 9.17) is 0 Å². The molecule has 4 rings (SSSR count). The molecule has 1 aliphatic carbocycles. The highest BCUT2D eigenvalue weighted by Gasteiger charge is 2.33. The second kappa shape index (κ2) is 6.78. The van der Waals surface area contributed by atoms with Crippen LogP contribution in [0.1, 0.15) is 45.3 Å². The van der Waals surface area contributed by atoms with Crippen LogP contribution in [0.4, 0.5) is 13.2 Å². The summed E-state index contributed by atoms with van der Waals surface area (Å²) in [5, 5.41) is 7.41. The largest absolute Gasteiger partial charge is 0.433 e. The third kappa shape index (κ3) is 3.37. The number of aryl methyl sites for hydroxylation is 2. The third-order valence-electron chi connectivity index (χ3n) is 4.86. The van der Waals surface area contributed by atoms with Gasteiger partial charge in [0.05, 0.1) is 17.4 Å². The number of carbonyl (C=O) groups is 1. The van der Waals surface area contributed by atoms with Gasteiger partial charge in [-0.25, -0.2) is 4.68 Å². The van der Waals surface area contributed by atoms with E-state index in [0.29, 0.717) is 18.4 Å². The van der Waals surface area contributed by atoms with Crippen molar-refractivity contribution in [3.8, 4) is 5.69 Å². The monoisotopic (exact) mass is 386 g/mol. The van der Waals surface area contributed by atoms with Crippen molar-refractivity contribution in [2.75, 3.05) is 0 Å². The van der Waals surface area contributed by atoms with E-state index < -0.39 is 11.9 Å². The maximum absolute atomic E-state index is 12.9. The summed E-state index contributed by atoms with van der Waals surface area (Å²) in [5.74, 6) is -0.174. The number of fused-ring (bicyclic) bond motifs is 1. The highest BCUT2D eigenvalue weighted by Crippen LogP contribution is 2.32. The molecule has 28 heavy (non-hydrogen) atoms. The summed E-state index contributed by atoms with van der Waals surface area (Å²) >= 11 is 0. The lowest BCUT2D eigenvalue weighted by Gasteiger charge is -2.14. The first kappa shape index (κ1) is 18.2. The van der Waals surface area contributed by atoms with Gasteiger partial charge in [0, 0.05) is 23.5 Å². The van der Waals surface area contributed by atoms with Gasteiger partial charge in [-0.3, -0.25) is 9.78 Å². The molecule has 0 spiro atoms. The second-order valence-corrected chi connectivity index (χ2v) is 6.75. The number of aromatic nitrogens is 3. The smallest absolute Gasteiger partial charge is 0.345 e. The molecule has 1 unspecified atom stereocenters. The molecule has 144 valence electrons. The van der Waals surface area contributed by atoms with Gasteiger partial charge in [-0.05, 0) is 43.5 Å². The highest BCUT2D eigenvalue weighted by atomic mass is 19.4. The fourth-order valence-electron chi connectivity index (χ4n) is 3.41. The van der Waals surface area contributed by atoms with E-state index in [1.165, 1.54) is 10.7 Å². The summed E-state index contributed by atoms with van der Waals surface area (Å²) in [6.07, 6.45) is -0.364. The molecule has 1 aromatic carbocycles. The lowest BCUT2D eigenvalue weighted by Crippen LogP contribution is -2.27. The summed E-state index contributed by atoms with van der Waals surface area (Å²) in [6, 6.07) is 9.52. The van der Waals surface area contributed by atoms with Crippen molar-refractivity contribution in [3.05, 3.63) is 76.9 Å². The molecule has 1 atom stereocenters. The molecule has 0 bridgehead atoms. The Kier molecular flexibility index (Phi) is 4.41. The average molecular weight is 386 g/mol. The Morgan fingerprint density at radius 1 is 1.25 bits per heavy atom. The Bertz CT molecular complexity index is 1040. The van der Waals surface area contributed by atoms with E-state index in [9.17, 15) is 18.0 Å². The van der Waals surface area contributed by atoms with Crippen LogP contribution >= 0.6 is 0 Å². The number of pyridine rings is 1. The molecule has 1 N–H and O–H groups in total. The Balaban J connectivity index is 1.58. The predicted molar refractivity (Wildman–Crippen MR) is 96.1 cm³/mol. The van der Waals surface area contributed by atoms with Crippen molar-refractivity contribution in [3.63, 3.8) is 0 Å². The Morgan fingerprint density at radius 3 is 2.79 bits per heavy atom. The van der Waals surface area contributed by atoms with Crippen LogP contribution in [0.2, 0.25) is 0 Å². The van der Waals surface area contributed by atoms with Gasteiger partial charge >= 0.3 is 6.18 Å². The predicted octanol–water partition coefficient (Wildman–Crippen LogP) is 4.01. The number of carbonyl (C=O) groups excluding carboxylic acids is 1. The summed E-state index contributed by atoms with van der Waals surface area (Å²) in [4.78, 5) is 16.0. The van der Waals surface area contributed by atoms with E-state index in [0.717, 1.165) is 29.1 Å². The molecule has 8 heteroatoms. The molecule has 2 heterocycles. The van der Waals surface area contributed by atoms with Crippen molar-refractivity contribution in [1.29, 1.82) is 0 Å². The minimum absolute atomic E-state index is 0.174. The normalized spacial score (nSPS) is 16.1. The molecule has 5 nitrogen and oxygen atoms in total. The van der Waals surface area contributed by atoms with Gasteiger partial charge in [0.2, 0.25) is 0 Å². The van der Waals surface area contributed by atoms with Crippen LogP contribution in [0.3, 0.4) is 0 Å². The number of alkyl halides is 3. The minimum Gasteiger partial charge on any atom is -0.345 e.